The Kier molecular flexibility index (Phi) is 3.70. The number of rotatable bonds is 2. The predicted octanol–water partition coefficient (Wildman–Crippen LogP) is 3.06. The second-order valence-electron chi connectivity index (χ2n) is 5.29. The van der Waals surface area contributed by atoms with Crippen molar-refractivity contribution in [2.24, 2.45) is 0 Å². The molecule has 0 radical (unpaired) electrons. The lowest BCUT2D eigenvalue weighted by Gasteiger charge is -2.28. The lowest BCUT2D eigenvalue weighted by Crippen LogP contribution is -2.33. The Morgan fingerprint density at radius 3 is 2.91 bits per heavy atom. The van der Waals surface area contributed by atoms with Crippen LogP contribution in [0.3, 0.4) is 0 Å². The highest BCUT2D eigenvalue weighted by Crippen LogP contribution is 2.34. The van der Waals surface area contributed by atoms with Gasteiger partial charge in [0.2, 0.25) is 0 Å². The van der Waals surface area contributed by atoms with Crippen LogP contribution in [-0.2, 0) is 13.0 Å². The van der Waals surface area contributed by atoms with Crippen molar-refractivity contribution in [3.63, 3.8) is 0 Å². The molecule has 3 heterocycles. The van der Waals surface area contributed by atoms with Crippen molar-refractivity contribution in [1.82, 2.24) is 9.88 Å². The molecule has 0 fully saturated rings. The van der Waals surface area contributed by atoms with Crippen molar-refractivity contribution in [2.45, 2.75) is 25.6 Å². The first-order chi connectivity index (χ1) is 10.4. The molecular weight excluding hydrogens is 313 g/mol. The number of fused-ring (bicyclic) bond motifs is 2. The van der Waals surface area contributed by atoms with E-state index in [4.69, 9.17) is 11.0 Å². The van der Waals surface area contributed by atoms with E-state index < -0.39 is 12.6 Å². The lowest BCUT2D eigenvalue weighted by molar-refractivity contribution is -0.138. The average molecular weight is 326 g/mol. The van der Waals surface area contributed by atoms with Gasteiger partial charge in [0.15, 0.2) is 0 Å². The molecule has 8 heteroatoms. The third-order valence-electron chi connectivity index (χ3n) is 3.76. The van der Waals surface area contributed by atoms with Crippen LogP contribution in [0.25, 0.3) is 10.2 Å². The molecule has 0 unspecified atom stereocenters. The lowest BCUT2D eigenvalue weighted by atomic mass is 10.0. The minimum Gasteiger partial charge on any atom is -0.396 e. The number of hydrogen-bond acceptors (Lipinski definition) is 5. The zero-order chi connectivity index (χ0) is 15.9. The van der Waals surface area contributed by atoms with Gasteiger partial charge in [-0.05, 0) is 11.6 Å². The monoisotopic (exact) mass is 326 g/mol. The Balaban J connectivity index is 1.86. The molecule has 1 aliphatic heterocycles. The van der Waals surface area contributed by atoms with Crippen LogP contribution in [-0.4, -0.2) is 29.1 Å². The molecule has 1 aliphatic rings. The van der Waals surface area contributed by atoms with Gasteiger partial charge in [0.1, 0.15) is 15.8 Å². The molecule has 3 rings (SSSR count). The fraction of sp³-hybridized carbons (Fsp3) is 0.429. The quantitative estimate of drug-likeness (QED) is 0.921. The van der Waals surface area contributed by atoms with E-state index in [0.717, 1.165) is 21.5 Å². The van der Waals surface area contributed by atoms with E-state index in [2.05, 4.69) is 4.98 Å². The Hall–Kier alpha value is -1.85. The highest BCUT2D eigenvalue weighted by atomic mass is 32.1. The molecule has 0 amide bonds. The largest absolute Gasteiger partial charge is 0.396 e. The van der Waals surface area contributed by atoms with E-state index in [1.165, 1.54) is 11.3 Å². The summed E-state index contributed by atoms with van der Waals surface area (Å²) in [6.45, 7) is 0.989. The van der Waals surface area contributed by atoms with Gasteiger partial charge in [-0.2, -0.15) is 18.4 Å². The van der Waals surface area contributed by atoms with Gasteiger partial charge >= 0.3 is 6.18 Å². The van der Waals surface area contributed by atoms with Crippen molar-refractivity contribution in [1.29, 1.82) is 5.26 Å². The summed E-state index contributed by atoms with van der Waals surface area (Å²) in [7, 11) is 0. The molecule has 116 valence electrons. The fourth-order valence-corrected chi connectivity index (χ4v) is 3.51. The number of nitriles is 1. The van der Waals surface area contributed by atoms with Crippen LogP contribution in [0, 0.1) is 11.3 Å². The summed E-state index contributed by atoms with van der Waals surface area (Å²) >= 11 is 1.25. The smallest absolute Gasteiger partial charge is 0.390 e. The normalized spacial score (nSPS) is 15.7. The summed E-state index contributed by atoms with van der Waals surface area (Å²) in [6, 6.07) is 3.90. The molecule has 0 saturated heterocycles. The van der Waals surface area contributed by atoms with Crippen molar-refractivity contribution in [3.8, 4) is 6.07 Å². The number of aromatic nitrogens is 1. The molecule has 0 saturated carbocycles. The minimum absolute atomic E-state index is 0.0104. The van der Waals surface area contributed by atoms with Crippen LogP contribution < -0.4 is 5.73 Å². The molecule has 22 heavy (non-hydrogen) atoms. The molecule has 2 aromatic rings. The molecule has 2 N–H and O–H groups in total. The van der Waals surface area contributed by atoms with Crippen molar-refractivity contribution >= 4 is 27.2 Å². The third-order valence-corrected chi connectivity index (χ3v) is 4.78. The topological polar surface area (TPSA) is 65.9 Å². The number of alkyl halides is 3. The van der Waals surface area contributed by atoms with E-state index in [1.807, 2.05) is 12.1 Å². The first-order valence-electron chi connectivity index (χ1n) is 6.77. The first kappa shape index (κ1) is 15.1. The van der Waals surface area contributed by atoms with Gasteiger partial charge in [0.05, 0.1) is 12.1 Å². The summed E-state index contributed by atoms with van der Waals surface area (Å²) in [4.78, 5) is 7.45. The van der Waals surface area contributed by atoms with E-state index in [9.17, 15) is 13.2 Å². The van der Waals surface area contributed by atoms with Crippen LogP contribution in [0.5, 0.6) is 0 Å². The number of halogens is 3. The SMILES string of the molecule is N#Cc1sc2nc3c(cc2c1N)CN(CCC(F)(F)F)CC3. The summed E-state index contributed by atoms with van der Waals surface area (Å²) in [5.41, 5.74) is 8.11. The predicted molar refractivity (Wildman–Crippen MR) is 78.4 cm³/mol. The van der Waals surface area contributed by atoms with E-state index in [-0.39, 0.29) is 6.54 Å². The Bertz CT molecular complexity index is 760. The Morgan fingerprint density at radius 2 is 2.23 bits per heavy atom. The number of thiophene rings is 1. The highest BCUT2D eigenvalue weighted by molar-refractivity contribution is 7.19. The number of nitrogens with zero attached hydrogens (tertiary/aromatic N) is 3. The molecule has 0 aromatic carbocycles. The summed E-state index contributed by atoms with van der Waals surface area (Å²) in [6.07, 6.45) is -4.33. The maximum Gasteiger partial charge on any atom is 0.390 e. The van der Waals surface area contributed by atoms with E-state index >= 15 is 0 Å². The standard InChI is InChI=1S/C14H13F3N4S/c15-14(16,17)2-4-21-3-1-10-8(7-21)5-9-12(19)11(6-18)22-13(9)20-10/h5H,1-4,7,19H2. The summed E-state index contributed by atoms with van der Waals surface area (Å²) in [5, 5.41) is 9.73. The van der Waals surface area contributed by atoms with Gasteiger partial charge in [-0.25, -0.2) is 4.98 Å². The maximum atomic E-state index is 12.3. The van der Waals surface area contributed by atoms with Gasteiger partial charge in [-0.1, -0.05) is 0 Å². The number of nitrogen functional groups attached to an aromatic ring is 1. The number of pyridine rings is 1. The Labute approximate surface area is 129 Å². The van der Waals surface area contributed by atoms with Crippen molar-refractivity contribution in [2.75, 3.05) is 18.8 Å². The molecule has 0 atom stereocenters. The first-order valence-corrected chi connectivity index (χ1v) is 7.59. The average Bonchev–Trinajstić information content (AvgIpc) is 2.78. The van der Waals surface area contributed by atoms with Gasteiger partial charge in [0.25, 0.3) is 0 Å². The van der Waals surface area contributed by atoms with Crippen LogP contribution >= 0.6 is 11.3 Å². The summed E-state index contributed by atoms with van der Waals surface area (Å²) < 4.78 is 37.0. The van der Waals surface area contributed by atoms with Crippen LogP contribution in [0.1, 0.15) is 22.6 Å². The van der Waals surface area contributed by atoms with Crippen LogP contribution in [0.2, 0.25) is 0 Å². The van der Waals surface area contributed by atoms with Crippen LogP contribution in [0.15, 0.2) is 6.07 Å². The van der Waals surface area contributed by atoms with Crippen LogP contribution in [0.4, 0.5) is 18.9 Å². The Morgan fingerprint density at radius 1 is 1.45 bits per heavy atom. The van der Waals surface area contributed by atoms with Gasteiger partial charge in [-0.3, -0.25) is 4.90 Å². The number of anilines is 1. The van der Waals surface area contributed by atoms with E-state index in [0.29, 0.717) is 30.1 Å². The molecular formula is C14H13F3N4S. The molecule has 0 spiro atoms. The molecule has 0 bridgehead atoms. The second-order valence-corrected chi connectivity index (χ2v) is 6.29. The molecule has 0 aliphatic carbocycles. The zero-order valence-electron chi connectivity index (χ0n) is 11.6. The fourth-order valence-electron chi connectivity index (χ4n) is 2.61. The molecule has 2 aromatic heterocycles. The van der Waals surface area contributed by atoms with Crippen molar-refractivity contribution in [3.05, 3.63) is 22.2 Å². The summed E-state index contributed by atoms with van der Waals surface area (Å²) in [5.74, 6) is 0. The molecule has 4 nitrogen and oxygen atoms in total. The van der Waals surface area contributed by atoms with Gasteiger partial charge in [-0.15, -0.1) is 11.3 Å². The van der Waals surface area contributed by atoms with Gasteiger partial charge < -0.3 is 5.73 Å². The zero-order valence-corrected chi connectivity index (χ0v) is 12.4. The number of hydrogen-bond donors (Lipinski definition) is 1. The minimum atomic E-state index is -4.14. The van der Waals surface area contributed by atoms with Gasteiger partial charge in [0, 0.05) is 37.1 Å². The van der Waals surface area contributed by atoms with Crippen molar-refractivity contribution < 1.29 is 13.2 Å². The third kappa shape index (κ3) is 2.87. The number of nitrogens with two attached hydrogens (primary N) is 1. The highest BCUT2D eigenvalue weighted by Gasteiger charge is 2.29. The maximum absolute atomic E-state index is 12.3. The van der Waals surface area contributed by atoms with E-state index in [1.54, 1.807) is 4.90 Å². The second kappa shape index (κ2) is 5.41.